The van der Waals surface area contributed by atoms with E-state index in [-0.39, 0.29) is 0 Å². The van der Waals surface area contributed by atoms with E-state index >= 15 is 0 Å². The average molecular weight is 182 g/mol. The zero-order valence-corrected chi connectivity index (χ0v) is 8.92. The number of likely N-dealkylation sites (tertiary alicyclic amines) is 1. The molecule has 0 aromatic rings. The van der Waals surface area contributed by atoms with Gasteiger partial charge in [-0.25, -0.2) is 0 Å². The minimum Gasteiger partial charge on any atom is -0.314 e. The van der Waals surface area contributed by atoms with Crippen molar-refractivity contribution in [1.82, 2.24) is 10.2 Å². The highest BCUT2D eigenvalue weighted by Crippen LogP contribution is 2.27. The molecule has 13 heavy (non-hydrogen) atoms. The third-order valence-electron chi connectivity index (χ3n) is 3.62. The zero-order chi connectivity index (χ0) is 9.26. The Morgan fingerprint density at radius 2 is 2.23 bits per heavy atom. The molecule has 2 heterocycles. The fraction of sp³-hybridized carbons (Fsp3) is 1.00. The first-order valence-corrected chi connectivity index (χ1v) is 5.75. The van der Waals surface area contributed by atoms with Crippen molar-refractivity contribution in [2.45, 2.75) is 32.7 Å². The van der Waals surface area contributed by atoms with E-state index in [1.165, 1.54) is 39.0 Å². The lowest BCUT2D eigenvalue weighted by molar-refractivity contribution is 0.0733. The van der Waals surface area contributed by atoms with Gasteiger partial charge in [-0.3, -0.25) is 0 Å². The fourth-order valence-corrected chi connectivity index (χ4v) is 2.88. The Kier molecular flexibility index (Phi) is 2.89. The summed E-state index contributed by atoms with van der Waals surface area (Å²) in [5.74, 6) is 1.85. The normalized spacial score (nSPS) is 40.6. The summed E-state index contributed by atoms with van der Waals surface area (Å²) in [6.07, 6.45) is 2.77. The summed E-state index contributed by atoms with van der Waals surface area (Å²) in [6.45, 7) is 9.85. The molecular formula is C11H22N2. The fourth-order valence-electron chi connectivity index (χ4n) is 2.88. The molecule has 2 aliphatic rings. The van der Waals surface area contributed by atoms with Crippen LogP contribution >= 0.6 is 0 Å². The molecule has 0 aromatic carbocycles. The Morgan fingerprint density at radius 3 is 3.00 bits per heavy atom. The highest BCUT2D eigenvalue weighted by Gasteiger charge is 2.33. The first kappa shape index (κ1) is 9.47. The minimum absolute atomic E-state index is 0.746. The van der Waals surface area contributed by atoms with Crippen LogP contribution in [0.5, 0.6) is 0 Å². The molecule has 0 unspecified atom stereocenters. The molecule has 76 valence electrons. The van der Waals surface area contributed by atoms with Crippen LogP contribution in [0.1, 0.15) is 26.7 Å². The maximum atomic E-state index is 3.62. The molecular weight excluding hydrogens is 160 g/mol. The number of hydrogen-bond donors (Lipinski definition) is 1. The first-order chi connectivity index (χ1) is 6.29. The van der Waals surface area contributed by atoms with E-state index in [4.69, 9.17) is 0 Å². The van der Waals surface area contributed by atoms with Gasteiger partial charge in [0.15, 0.2) is 0 Å². The topological polar surface area (TPSA) is 15.3 Å². The second-order valence-corrected chi connectivity index (χ2v) is 4.82. The van der Waals surface area contributed by atoms with Crippen molar-refractivity contribution in [3.8, 4) is 0 Å². The minimum atomic E-state index is 0.746. The molecule has 1 N–H and O–H groups in total. The molecule has 0 aromatic heterocycles. The van der Waals surface area contributed by atoms with Crippen molar-refractivity contribution in [2.75, 3.05) is 26.2 Å². The second kappa shape index (κ2) is 3.97. The molecule has 0 saturated carbocycles. The molecule has 2 aliphatic heterocycles. The molecule has 3 atom stereocenters. The monoisotopic (exact) mass is 182 g/mol. The van der Waals surface area contributed by atoms with Gasteiger partial charge in [0.2, 0.25) is 0 Å². The van der Waals surface area contributed by atoms with Gasteiger partial charge in [0.25, 0.3) is 0 Å². The Morgan fingerprint density at radius 1 is 1.38 bits per heavy atom. The summed E-state index contributed by atoms with van der Waals surface area (Å²) in [4.78, 5) is 2.66. The molecule has 0 amide bonds. The molecule has 2 nitrogen and oxygen atoms in total. The number of nitrogens with zero attached hydrogens (tertiary/aromatic N) is 1. The van der Waals surface area contributed by atoms with Crippen LogP contribution in [0.4, 0.5) is 0 Å². The maximum absolute atomic E-state index is 3.62. The molecule has 0 radical (unpaired) electrons. The maximum Gasteiger partial charge on any atom is 0.00794 e. The Labute approximate surface area is 81.7 Å². The van der Waals surface area contributed by atoms with E-state index in [9.17, 15) is 0 Å². The number of rotatable bonds is 2. The summed E-state index contributed by atoms with van der Waals surface area (Å²) in [5, 5.41) is 3.62. The van der Waals surface area contributed by atoms with Gasteiger partial charge < -0.3 is 10.2 Å². The molecule has 2 fully saturated rings. The number of hydrogen-bond acceptors (Lipinski definition) is 2. The van der Waals surface area contributed by atoms with Gasteiger partial charge in [-0.05, 0) is 44.7 Å². The third-order valence-corrected chi connectivity index (χ3v) is 3.62. The Hall–Kier alpha value is -0.0800. The number of nitrogens with one attached hydrogen (secondary N) is 1. The second-order valence-electron chi connectivity index (χ2n) is 4.82. The SMILES string of the molecule is CCCN1C[C@@H]2CN[C@@H](C)[C@@H](C2)C1. The van der Waals surface area contributed by atoms with Gasteiger partial charge in [-0.15, -0.1) is 0 Å². The molecule has 2 bridgehead atoms. The van der Waals surface area contributed by atoms with E-state index in [2.05, 4.69) is 24.1 Å². The predicted molar refractivity (Wildman–Crippen MR) is 55.8 cm³/mol. The predicted octanol–water partition coefficient (Wildman–Crippen LogP) is 1.33. The van der Waals surface area contributed by atoms with Crippen LogP contribution in [0.15, 0.2) is 0 Å². The van der Waals surface area contributed by atoms with Crippen LogP contribution in [0.2, 0.25) is 0 Å². The number of piperidine rings is 2. The Bertz CT molecular complexity index is 169. The lowest BCUT2D eigenvalue weighted by Crippen LogP contribution is -2.55. The summed E-state index contributed by atoms with van der Waals surface area (Å²) in [5.41, 5.74) is 0. The smallest absolute Gasteiger partial charge is 0.00794 e. The molecule has 2 saturated heterocycles. The standard InChI is InChI=1S/C11H22N2/c1-3-4-13-7-10-5-11(8-13)9(2)12-6-10/h9-12H,3-8H2,1-2H3/t9-,10-,11-/m0/s1. The van der Waals surface area contributed by atoms with Gasteiger partial charge in [0.05, 0.1) is 0 Å². The van der Waals surface area contributed by atoms with Crippen LogP contribution in [0.3, 0.4) is 0 Å². The summed E-state index contributed by atoms with van der Waals surface area (Å²) in [6, 6.07) is 0.746. The van der Waals surface area contributed by atoms with Crippen LogP contribution in [0.25, 0.3) is 0 Å². The van der Waals surface area contributed by atoms with E-state index in [0.29, 0.717) is 0 Å². The van der Waals surface area contributed by atoms with Crippen molar-refractivity contribution in [3.05, 3.63) is 0 Å². The van der Waals surface area contributed by atoms with Crippen LogP contribution < -0.4 is 5.32 Å². The van der Waals surface area contributed by atoms with Gasteiger partial charge in [0, 0.05) is 19.1 Å². The van der Waals surface area contributed by atoms with E-state index < -0.39 is 0 Å². The summed E-state index contributed by atoms with van der Waals surface area (Å²) < 4.78 is 0. The lowest BCUT2D eigenvalue weighted by atomic mass is 9.81. The van der Waals surface area contributed by atoms with Crippen molar-refractivity contribution in [2.24, 2.45) is 11.8 Å². The Balaban J connectivity index is 1.92. The molecule has 0 spiro atoms. The van der Waals surface area contributed by atoms with Crippen LogP contribution in [0, 0.1) is 11.8 Å². The van der Waals surface area contributed by atoms with Gasteiger partial charge in [-0.2, -0.15) is 0 Å². The van der Waals surface area contributed by atoms with Crippen molar-refractivity contribution in [1.29, 1.82) is 0 Å². The average Bonchev–Trinajstić information content (AvgIpc) is 2.13. The molecule has 2 rings (SSSR count). The zero-order valence-electron chi connectivity index (χ0n) is 8.92. The lowest BCUT2D eigenvalue weighted by Gasteiger charge is -2.45. The van der Waals surface area contributed by atoms with Gasteiger partial charge in [-0.1, -0.05) is 6.92 Å². The van der Waals surface area contributed by atoms with Crippen molar-refractivity contribution >= 4 is 0 Å². The highest BCUT2D eigenvalue weighted by atomic mass is 15.2. The molecule has 0 aliphatic carbocycles. The van der Waals surface area contributed by atoms with E-state index in [1.807, 2.05) is 0 Å². The first-order valence-electron chi connectivity index (χ1n) is 5.75. The summed E-state index contributed by atoms with van der Waals surface area (Å²) >= 11 is 0. The summed E-state index contributed by atoms with van der Waals surface area (Å²) in [7, 11) is 0. The van der Waals surface area contributed by atoms with E-state index in [0.717, 1.165) is 17.9 Å². The van der Waals surface area contributed by atoms with Crippen molar-refractivity contribution < 1.29 is 0 Å². The highest BCUT2D eigenvalue weighted by molar-refractivity contribution is 4.89. The van der Waals surface area contributed by atoms with Crippen LogP contribution in [-0.4, -0.2) is 37.1 Å². The quantitative estimate of drug-likeness (QED) is 0.693. The number of fused-ring (bicyclic) bond motifs is 2. The van der Waals surface area contributed by atoms with Gasteiger partial charge in [0.1, 0.15) is 0 Å². The largest absolute Gasteiger partial charge is 0.314 e. The van der Waals surface area contributed by atoms with E-state index in [1.54, 1.807) is 0 Å². The molecule has 2 heteroatoms. The van der Waals surface area contributed by atoms with Gasteiger partial charge >= 0.3 is 0 Å². The third kappa shape index (κ3) is 2.05. The van der Waals surface area contributed by atoms with Crippen molar-refractivity contribution in [3.63, 3.8) is 0 Å². The van der Waals surface area contributed by atoms with Crippen LogP contribution in [-0.2, 0) is 0 Å².